The summed E-state index contributed by atoms with van der Waals surface area (Å²) in [5, 5.41) is 5.83. The number of rotatable bonds is 6. The molecule has 4 aromatic rings. The van der Waals surface area contributed by atoms with Gasteiger partial charge in [-0.1, -0.05) is 97.4 Å². The molecule has 0 spiro atoms. The largest absolute Gasteiger partial charge is 0.534 e. The van der Waals surface area contributed by atoms with Gasteiger partial charge in [-0.15, -0.1) is 0 Å². The van der Waals surface area contributed by atoms with Gasteiger partial charge in [0.2, 0.25) is 0 Å². The van der Waals surface area contributed by atoms with Crippen molar-refractivity contribution < 1.29 is 4.43 Å². The Morgan fingerprint density at radius 2 is 1.41 bits per heavy atom. The minimum atomic E-state index is -2.69. The summed E-state index contributed by atoms with van der Waals surface area (Å²) in [4.78, 5) is 4.20. The van der Waals surface area contributed by atoms with E-state index < -0.39 is 8.32 Å². The number of nitrogens with one attached hydrogen (secondary N) is 1. The third-order valence-corrected chi connectivity index (χ3v) is 10.9. The molecule has 0 saturated carbocycles. The van der Waals surface area contributed by atoms with E-state index in [1.807, 2.05) is 30.5 Å². The number of hydrogen-bond donors (Lipinski definition) is 1. The van der Waals surface area contributed by atoms with E-state index >= 15 is 0 Å². The molecule has 1 heterocycles. The van der Waals surface area contributed by atoms with Gasteiger partial charge in [0, 0.05) is 22.4 Å². The standard InChI is InChI=1S/C27H27BrN2OSi/c1-27(2,3)32(25-12-6-4-7-13-25,26-14-8-5-9-15-26)31-24-18-21(28)17-23(19-24)30-22-11-10-16-29-20-22/h4-20,30H,1-3H3. The van der Waals surface area contributed by atoms with Crippen LogP contribution in [0.1, 0.15) is 20.8 Å². The van der Waals surface area contributed by atoms with Gasteiger partial charge in [-0.3, -0.25) is 4.98 Å². The van der Waals surface area contributed by atoms with Crippen LogP contribution in [0.5, 0.6) is 5.75 Å². The Balaban J connectivity index is 1.83. The van der Waals surface area contributed by atoms with Gasteiger partial charge >= 0.3 is 8.32 Å². The zero-order valence-corrected chi connectivity index (χ0v) is 21.1. The van der Waals surface area contributed by atoms with Crippen LogP contribution in [0.3, 0.4) is 0 Å². The fourth-order valence-corrected chi connectivity index (χ4v) is 9.00. The van der Waals surface area contributed by atoms with Crippen LogP contribution in [0.15, 0.2) is 108 Å². The van der Waals surface area contributed by atoms with Crippen LogP contribution in [0.25, 0.3) is 0 Å². The lowest BCUT2D eigenvalue weighted by Crippen LogP contribution is -2.68. The molecule has 0 aliphatic rings. The number of aromatic nitrogens is 1. The van der Waals surface area contributed by atoms with Crippen molar-refractivity contribution in [3.05, 3.63) is 108 Å². The molecule has 3 aromatic carbocycles. The Hall–Kier alpha value is -2.89. The van der Waals surface area contributed by atoms with Gasteiger partial charge in [-0.2, -0.15) is 0 Å². The molecule has 1 N–H and O–H groups in total. The van der Waals surface area contributed by atoms with Crippen LogP contribution in [0.4, 0.5) is 11.4 Å². The molecule has 0 bridgehead atoms. The lowest BCUT2D eigenvalue weighted by atomic mass is 10.2. The molecule has 0 amide bonds. The average Bonchev–Trinajstić information content (AvgIpc) is 2.78. The highest BCUT2D eigenvalue weighted by Crippen LogP contribution is 2.39. The number of pyridine rings is 1. The number of anilines is 2. The van der Waals surface area contributed by atoms with Crippen LogP contribution < -0.4 is 20.1 Å². The van der Waals surface area contributed by atoms with Crippen molar-refractivity contribution in [2.24, 2.45) is 0 Å². The summed E-state index contributed by atoms with van der Waals surface area (Å²) in [7, 11) is -2.69. The third kappa shape index (κ3) is 4.64. The Bertz CT molecular complexity index is 1120. The first-order valence-electron chi connectivity index (χ1n) is 10.7. The van der Waals surface area contributed by atoms with Gasteiger partial charge < -0.3 is 9.74 Å². The summed E-state index contributed by atoms with van der Waals surface area (Å²) in [5.41, 5.74) is 1.88. The number of hydrogen-bond acceptors (Lipinski definition) is 3. The molecule has 0 saturated heterocycles. The van der Waals surface area contributed by atoms with Crippen molar-refractivity contribution in [3.63, 3.8) is 0 Å². The molecule has 0 unspecified atom stereocenters. The molecular formula is C27H27BrN2OSi. The third-order valence-electron chi connectivity index (χ3n) is 5.51. The molecule has 0 fully saturated rings. The Kier molecular flexibility index (Phi) is 6.49. The summed E-state index contributed by atoms with van der Waals surface area (Å²) in [6.45, 7) is 6.85. The van der Waals surface area contributed by atoms with Gasteiger partial charge in [-0.25, -0.2) is 0 Å². The smallest absolute Gasteiger partial charge is 0.319 e. The van der Waals surface area contributed by atoms with Gasteiger partial charge in [0.25, 0.3) is 0 Å². The summed E-state index contributed by atoms with van der Waals surface area (Å²) in [6, 6.07) is 31.4. The van der Waals surface area contributed by atoms with Crippen LogP contribution >= 0.6 is 15.9 Å². The summed E-state index contributed by atoms with van der Waals surface area (Å²) in [5.74, 6) is 0.833. The molecule has 4 rings (SSSR count). The van der Waals surface area contributed by atoms with E-state index in [1.54, 1.807) is 6.20 Å². The quantitative estimate of drug-likeness (QED) is 0.304. The maximum atomic E-state index is 7.15. The maximum Gasteiger partial charge on any atom is 0.319 e. The van der Waals surface area contributed by atoms with Gasteiger partial charge in [0.05, 0.1) is 11.9 Å². The molecular weight excluding hydrogens is 476 g/mol. The highest BCUT2D eigenvalue weighted by atomic mass is 79.9. The summed E-state index contributed by atoms with van der Waals surface area (Å²) >= 11 is 3.68. The number of halogens is 1. The predicted molar refractivity (Wildman–Crippen MR) is 140 cm³/mol. The van der Waals surface area contributed by atoms with E-state index in [-0.39, 0.29) is 5.04 Å². The highest BCUT2D eigenvalue weighted by Gasteiger charge is 2.52. The van der Waals surface area contributed by atoms with Crippen molar-refractivity contribution in [1.29, 1.82) is 0 Å². The molecule has 5 heteroatoms. The average molecular weight is 504 g/mol. The van der Waals surface area contributed by atoms with Crippen molar-refractivity contribution in [2.75, 3.05) is 5.32 Å². The molecule has 0 radical (unpaired) electrons. The minimum Gasteiger partial charge on any atom is -0.534 e. The van der Waals surface area contributed by atoms with Crippen molar-refractivity contribution in [1.82, 2.24) is 4.98 Å². The Morgan fingerprint density at radius 1 is 0.781 bits per heavy atom. The molecule has 1 aromatic heterocycles. The van der Waals surface area contributed by atoms with Crippen LogP contribution in [0, 0.1) is 0 Å². The van der Waals surface area contributed by atoms with Crippen molar-refractivity contribution in [2.45, 2.75) is 25.8 Å². The second-order valence-electron chi connectivity index (χ2n) is 8.81. The molecule has 162 valence electrons. The molecule has 0 atom stereocenters. The lowest BCUT2D eigenvalue weighted by Gasteiger charge is -2.43. The second kappa shape index (κ2) is 9.31. The van der Waals surface area contributed by atoms with E-state index in [2.05, 4.69) is 114 Å². The fourth-order valence-electron chi connectivity index (χ4n) is 4.12. The van der Waals surface area contributed by atoms with Gasteiger partial charge in [0.1, 0.15) is 5.75 Å². The Morgan fingerprint density at radius 3 is 1.94 bits per heavy atom. The number of nitrogens with zero attached hydrogens (tertiary/aromatic N) is 1. The first-order chi connectivity index (χ1) is 15.4. The summed E-state index contributed by atoms with van der Waals surface area (Å²) < 4.78 is 8.11. The molecule has 0 aliphatic heterocycles. The first kappa shape index (κ1) is 22.3. The van der Waals surface area contributed by atoms with E-state index in [9.17, 15) is 0 Å². The monoisotopic (exact) mass is 502 g/mol. The van der Waals surface area contributed by atoms with Crippen LogP contribution in [-0.4, -0.2) is 13.3 Å². The van der Waals surface area contributed by atoms with Crippen LogP contribution in [-0.2, 0) is 0 Å². The SMILES string of the molecule is CC(C)(C)[Si](Oc1cc(Br)cc(Nc2cccnc2)c1)(c1ccccc1)c1ccccc1. The second-order valence-corrected chi connectivity index (χ2v) is 13.9. The normalized spacial score (nSPS) is 11.8. The predicted octanol–water partition coefficient (Wildman–Crippen LogP) is 6.53. The van der Waals surface area contributed by atoms with E-state index in [4.69, 9.17) is 4.43 Å². The van der Waals surface area contributed by atoms with Crippen molar-refractivity contribution in [3.8, 4) is 5.75 Å². The van der Waals surface area contributed by atoms with Gasteiger partial charge in [-0.05, 0) is 39.7 Å². The molecule has 3 nitrogen and oxygen atoms in total. The lowest BCUT2D eigenvalue weighted by molar-refractivity contribution is 0.508. The van der Waals surface area contributed by atoms with Gasteiger partial charge in [0.15, 0.2) is 0 Å². The molecule has 0 aliphatic carbocycles. The maximum absolute atomic E-state index is 7.15. The zero-order valence-electron chi connectivity index (χ0n) is 18.5. The summed E-state index contributed by atoms with van der Waals surface area (Å²) in [6.07, 6.45) is 3.58. The minimum absolute atomic E-state index is 0.102. The topological polar surface area (TPSA) is 34.1 Å². The Labute approximate surface area is 199 Å². The highest BCUT2D eigenvalue weighted by molar-refractivity contribution is 9.10. The molecule has 32 heavy (non-hydrogen) atoms. The first-order valence-corrected chi connectivity index (χ1v) is 13.4. The van der Waals surface area contributed by atoms with E-state index in [0.29, 0.717) is 0 Å². The number of benzene rings is 3. The van der Waals surface area contributed by atoms with E-state index in [0.717, 1.165) is 21.6 Å². The zero-order chi connectivity index (χ0) is 22.6. The fraction of sp³-hybridized carbons (Fsp3) is 0.148. The van der Waals surface area contributed by atoms with Crippen LogP contribution in [0.2, 0.25) is 5.04 Å². The van der Waals surface area contributed by atoms with E-state index in [1.165, 1.54) is 10.4 Å². The van der Waals surface area contributed by atoms with Crippen molar-refractivity contribution >= 4 is 46.0 Å².